The number of nitrogens with two attached hydrogens (primary N) is 1. The van der Waals surface area contributed by atoms with Crippen molar-refractivity contribution in [1.82, 2.24) is 0 Å². The Morgan fingerprint density at radius 1 is 1.23 bits per heavy atom. The van der Waals surface area contributed by atoms with Gasteiger partial charge in [-0.2, -0.15) is 0 Å². The van der Waals surface area contributed by atoms with Crippen LogP contribution in [0.3, 0.4) is 0 Å². The van der Waals surface area contributed by atoms with Crippen LogP contribution in [-0.2, 0) is 0 Å². The second-order valence-electron chi connectivity index (χ2n) is 4.89. The van der Waals surface area contributed by atoms with Gasteiger partial charge in [-0.15, -0.1) is 0 Å². The van der Waals surface area contributed by atoms with Crippen molar-refractivity contribution in [2.24, 2.45) is 10.7 Å². The standard InChI is InChI=1S/C17H17FN2O2/c1-11-3-8-14(16(9-11)22-2)20-17(19)10-15(21)12-4-6-13(18)7-5-12/h3-9H,10H2,1-2H3,(H2,19,20). The van der Waals surface area contributed by atoms with Crippen LogP contribution in [0.5, 0.6) is 5.75 Å². The average molecular weight is 300 g/mol. The number of Topliss-reactive ketones (excluding diaryl/α,β-unsaturated/α-hetero) is 1. The predicted octanol–water partition coefficient (Wildman–Crippen LogP) is 3.40. The molecule has 0 saturated carbocycles. The Bertz CT molecular complexity index is 709. The van der Waals surface area contributed by atoms with Crippen LogP contribution in [0.4, 0.5) is 10.1 Å². The van der Waals surface area contributed by atoms with Crippen LogP contribution in [0.25, 0.3) is 0 Å². The Morgan fingerprint density at radius 2 is 1.91 bits per heavy atom. The second kappa shape index (κ2) is 6.85. The van der Waals surface area contributed by atoms with Crippen molar-refractivity contribution in [3.05, 3.63) is 59.4 Å². The molecule has 2 rings (SSSR count). The lowest BCUT2D eigenvalue weighted by molar-refractivity contribution is 0.100. The molecule has 5 heteroatoms. The molecule has 0 atom stereocenters. The summed E-state index contributed by atoms with van der Waals surface area (Å²) in [6, 6.07) is 10.8. The molecule has 0 unspecified atom stereocenters. The summed E-state index contributed by atoms with van der Waals surface area (Å²) in [5, 5.41) is 0. The number of ether oxygens (including phenoxy) is 1. The maximum absolute atomic E-state index is 12.8. The topological polar surface area (TPSA) is 64.7 Å². The molecule has 2 aromatic rings. The fourth-order valence-corrected chi connectivity index (χ4v) is 1.97. The number of methoxy groups -OCH3 is 1. The van der Waals surface area contributed by atoms with Crippen LogP contribution in [0.2, 0.25) is 0 Å². The van der Waals surface area contributed by atoms with Gasteiger partial charge in [-0.1, -0.05) is 6.07 Å². The summed E-state index contributed by atoms with van der Waals surface area (Å²) in [6.45, 7) is 1.94. The lowest BCUT2D eigenvalue weighted by atomic mass is 10.1. The third-order valence-electron chi connectivity index (χ3n) is 3.11. The number of carbonyl (C=O) groups excluding carboxylic acids is 1. The summed E-state index contributed by atoms with van der Waals surface area (Å²) in [6.07, 6.45) is -0.0390. The Morgan fingerprint density at radius 3 is 2.55 bits per heavy atom. The quantitative estimate of drug-likeness (QED) is 0.523. The fraction of sp³-hybridized carbons (Fsp3) is 0.176. The minimum Gasteiger partial charge on any atom is -0.494 e. The largest absolute Gasteiger partial charge is 0.494 e. The summed E-state index contributed by atoms with van der Waals surface area (Å²) in [4.78, 5) is 16.3. The third kappa shape index (κ3) is 3.91. The van der Waals surface area contributed by atoms with E-state index in [4.69, 9.17) is 10.5 Å². The minimum absolute atomic E-state index is 0.0390. The maximum atomic E-state index is 12.8. The van der Waals surface area contributed by atoms with Crippen LogP contribution >= 0.6 is 0 Å². The van der Waals surface area contributed by atoms with Crippen molar-refractivity contribution < 1.29 is 13.9 Å². The smallest absolute Gasteiger partial charge is 0.170 e. The molecular weight excluding hydrogens is 283 g/mol. The van der Waals surface area contributed by atoms with E-state index >= 15 is 0 Å². The van der Waals surface area contributed by atoms with Gasteiger partial charge in [-0.25, -0.2) is 9.38 Å². The molecule has 2 N–H and O–H groups in total. The van der Waals surface area contributed by atoms with E-state index in [2.05, 4.69) is 4.99 Å². The number of hydrogen-bond acceptors (Lipinski definition) is 3. The molecule has 0 fully saturated rings. The van der Waals surface area contributed by atoms with E-state index in [9.17, 15) is 9.18 Å². The van der Waals surface area contributed by atoms with Gasteiger partial charge in [0.05, 0.1) is 13.5 Å². The van der Waals surface area contributed by atoms with Crippen molar-refractivity contribution >= 4 is 17.3 Å². The molecule has 0 bridgehead atoms. The molecule has 0 radical (unpaired) electrons. The molecule has 0 heterocycles. The first-order valence-corrected chi connectivity index (χ1v) is 6.76. The van der Waals surface area contributed by atoms with Crippen molar-refractivity contribution in [3.63, 3.8) is 0 Å². The van der Waals surface area contributed by atoms with E-state index in [1.807, 2.05) is 19.1 Å². The molecule has 0 spiro atoms. The van der Waals surface area contributed by atoms with E-state index in [-0.39, 0.29) is 23.9 Å². The monoisotopic (exact) mass is 300 g/mol. The van der Waals surface area contributed by atoms with Crippen molar-refractivity contribution in [3.8, 4) is 5.75 Å². The number of benzene rings is 2. The first-order chi connectivity index (χ1) is 10.5. The van der Waals surface area contributed by atoms with E-state index < -0.39 is 0 Å². The normalized spacial score (nSPS) is 11.3. The van der Waals surface area contributed by atoms with E-state index in [0.717, 1.165) is 5.56 Å². The van der Waals surface area contributed by atoms with Crippen LogP contribution < -0.4 is 10.5 Å². The molecule has 2 aromatic carbocycles. The number of rotatable bonds is 5. The summed E-state index contributed by atoms with van der Waals surface area (Å²) in [5.74, 6) is 0.170. The number of amidine groups is 1. The van der Waals surface area contributed by atoms with Crippen molar-refractivity contribution in [2.45, 2.75) is 13.3 Å². The Kier molecular flexibility index (Phi) is 4.88. The molecular formula is C17H17FN2O2. The number of hydrogen-bond donors (Lipinski definition) is 1. The zero-order valence-electron chi connectivity index (χ0n) is 12.5. The molecule has 0 aromatic heterocycles. The summed E-state index contributed by atoms with van der Waals surface area (Å²) >= 11 is 0. The Balaban J connectivity index is 2.16. The van der Waals surface area contributed by atoms with Gasteiger partial charge in [-0.05, 0) is 48.9 Å². The lowest BCUT2D eigenvalue weighted by Crippen LogP contribution is -2.17. The van der Waals surface area contributed by atoms with Gasteiger partial charge < -0.3 is 10.5 Å². The molecule has 114 valence electrons. The van der Waals surface area contributed by atoms with E-state index in [0.29, 0.717) is 17.0 Å². The zero-order chi connectivity index (χ0) is 16.1. The number of carbonyl (C=O) groups is 1. The van der Waals surface area contributed by atoms with E-state index in [1.165, 1.54) is 24.3 Å². The van der Waals surface area contributed by atoms with Gasteiger partial charge in [-0.3, -0.25) is 4.79 Å². The first-order valence-electron chi connectivity index (χ1n) is 6.76. The lowest BCUT2D eigenvalue weighted by Gasteiger charge is -2.07. The Labute approximate surface area is 128 Å². The maximum Gasteiger partial charge on any atom is 0.170 e. The molecule has 0 aliphatic carbocycles. The molecule has 0 amide bonds. The highest BCUT2D eigenvalue weighted by molar-refractivity contribution is 6.09. The van der Waals surface area contributed by atoms with Gasteiger partial charge in [0.25, 0.3) is 0 Å². The highest BCUT2D eigenvalue weighted by Crippen LogP contribution is 2.28. The number of nitrogens with zero attached hydrogens (tertiary/aromatic N) is 1. The van der Waals surface area contributed by atoms with Crippen LogP contribution in [0.1, 0.15) is 22.3 Å². The average Bonchev–Trinajstić information content (AvgIpc) is 2.49. The van der Waals surface area contributed by atoms with E-state index in [1.54, 1.807) is 13.2 Å². The number of aliphatic imine (C=N–C) groups is 1. The minimum atomic E-state index is -0.386. The molecule has 0 aliphatic rings. The van der Waals surface area contributed by atoms with Gasteiger partial charge in [0.1, 0.15) is 23.1 Å². The van der Waals surface area contributed by atoms with Crippen LogP contribution in [-0.4, -0.2) is 18.7 Å². The number of aryl methyl sites for hydroxylation is 1. The summed E-state index contributed by atoms with van der Waals surface area (Å²) < 4.78 is 18.1. The molecule has 0 saturated heterocycles. The van der Waals surface area contributed by atoms with Gasteiger partial charge in [0, 0.05) is 5.56 Å². The SMILES string of the molecule is COc1cc(C)ccc1N=C(N)CC(=O)c1ccc(F)cc1. The Hall–Kier alpha value is -2.69. The summed E-state index contributed by atoms with van der Waals surface area (Å²) in [5.41, 5.74) is 7.84. The van der Waals surface area contributed by atoms with Crippen molar-refractivity contribution in [1.29, 1.82) is 0 Å². The number of ketones is 1. The predicted molar refractivity (Wildman–Crippen MR) is 84.4 cm³/mol. The third-order valence-corrected chi connectivity index (χ3v) is 3.11. The van der Waals surface area contributed by atoms with Gasteiger partial charge in [0.2, 0.25) is 0 Å². The summed E-state index contributed by atoms with van der Waals surface area (Å²) in [7, 11) is 1.55. The zero-order valence-corrected chi connectivity index (χ0v) is 12.5. The fourth-order valence-electron chi connectivity index (χ4n) is 1.97. The van der Waals surface area contributed by atoms with Crippen LogP contribution in [0, 0.1) is 12.7 Å². The van der Waals surface area contributed by atoms with Crippen molar-refractivity contribution in [2.75, 3.05) is 7.11 Å². The number of halogens is 1. The highest BCUT2D eigenvalue weighted by Gasteiger charge is 2.09. The second-order valence-corrected chi connectivity index (χ2v) is 4.89. The first kappa shape index (κ1) is 15.7. The molecule has 4 nitrogen and oxygen atoms in total. The van der Waals surface area contributed by atoms with Crippen LogP contribution in [0.15, 0.2) is 47.5 Å². The molecule has 0 aliphatic heterocycles. The highest BCUT2D eigenvalue weighted by atomic mass is 19.1. The molecule has 22 heavy (non-hydrogen) atoms. The van der Waals surface area contributed by atoms with Gasteiger partial charge >= 0.3 is 0 Å². The van der Waals surface area contributed by atoms with Gasteiger partial charge in [0.15, 0.2) is 5.78 Å².